The lowest BCUT2D eigenvalue weighted by molar-refractivity contribution is -0.122. The average molecular weight is 326 g/mol. The number of nitrogens with one attached hydrogen (secondary N) is 2. The molecule has 2 heterocycles. The molecule has 6 nitrogen and oxygen atoms in total. The molecule has 1 fully saturated rings. The molecule has 2 N–H and O–H groups in total. The standard InChI is InChI=1S/C18H22N4O2/c1-12-14(10-15(23)22-18(2)7-3-4-8-18)17(24)21-16(20-12)13-6-5-9-19-11-13/h5-6,9,11H,3-4,7-8,10H2,1-2H3,(H,22,23)(H,20,21,24). The van der Waals surface area contributed by atoms with Crippen molar-refractivity contribution in [2.75, 3.05) is 0 Å². The van der Waals surface area contributed by atoms with Crippen LogP contribution in [0.4, 0.5) is 0 Å². The van der Waals surface area contributed by atoms with Gasteiger partial charge in [0.25, 0.3) is 5.56 Å². The van der Waals surface area contributed by atoms with E-state index in [1.54, 1.807) is 25.4 Å². The number of pyridine rings is 1. The molecular formula is C18H22N4O2. The number of amides is 1. The molecule has 2 aromatic heterocycles. The zero-order valence-electron chi connectivity index (χ0n) is 14.1. The van der Waals surface area contributed by atoms with E-state index in [1.165, 1.54) is 0 Å². The fourth-order valence-electron chi connectivity index (χ4n) is 3.28. The number of carbonyl (C=O) groups excluding carboxylic acids is 1. The van der Waals surface area contributed by atoms with E-state index in [0.717, 1.165) is 31.2 Å². The minimum atomic E-state index is -0.270. The lowest BCUT2D eigenvalue weighted by Crippen LogP contribution is -2.44. The zero-order chi connectivity index (χ0) is 17.2. The minimum Gasteiger partial charge on any atom is -0.351 e. The first-order valence-electron chi connectivity index (χ1n) is 8.28. The van der Waals surface area contributed by atoms with Crippen LogP contribution in [0.3, 0.4) is 0 Å². The molecule has 1 aliphatic rings. The topological polar surface area (TPSA) is 87.7 Å². The summed E-state index contributed by atoms with van der Waals surface area (Å²) in [5.41, 5.74) is 1.33. The van der Waals surface area contributed by atoms with Crippen LogP contribution in [0, 0.1) is 6.92 Å². The number of nitrogens with zero attached hydrogens (tertiary/aromatic N) is 2. The van der Waals surface area contributed by atoms with Gasteiger partial charge in [0, 0.05) is 34.8 Å². The van der Waals surface area contributed by atoms with Crippen LogP contribution in [0.5, 0.6) is 0 Å². The SMILES string of the molecule is Cc1nc(-c2cccnc2)[nH]c(=O)c1CC(=O)NC1(C)CCCC1. The van der Waals surface area contributed by atoms with Gasteiger partial charge in [-0.15, -0.1) is 0 Å². The fourth-order valence-corrected chi connectivity index (χ4v) is 3.28. The van der Waals surface area contributed by atoms with Crippen LogP contribution in [-0.2, 0) is 11.2 Å². The second-order valence-corrected chi connectivity index (χ2v) is 6.71. The number of carbonyl (C=O) groups is 1. The highest BCUT2D eigenvalue weighted by Gasteiger charge is 2.30. The maximum Gasteiger partial charge on any atom is 0.255 e. The van der Waals surface area contributed by atoms with Gasteiger partial charge in [0.1, 0.15) is 5.82 Å². The Bertz CT molecular complexity index is 792. The number of hydrogen-bond acceptors (Lipinski definition) is 4. The Morgan fingerprint density at radius 3 is 2.75 bits per heavy atom. The maximum atomic E-state index is 12.4. The van der Waals surface area contributed by atoms with Crippen LogP contribution >= 0.6 is 0 Å². The fraction of sp³-hybridized carbons (Fsp3) is 0.444. The summed E-state index contributed by atoms with van der Waals surface area (Å²) in [7, 11) is 0. The molecule has 2 aromatic rings. The summed E-state index contributed by atoms with van der Waals surface area (Å²) in [4.78, 5) is 35.9. The largest absolute Gasteiger partial charge is 0.351 e. The van der Waals surface area contributed by atoms with E-state index in [1.807, 2.05) is 6.07 Å². The van der Waals surface area contributed by atoms with Crippen LogP contribution < -0.4 is 10.9 Å². The number of hydrogen-bond donors (Lipinski definition) is 2. The first-order valence-corrected chi connectivity index (χ1v) is 8.28. The first-order chi connectivity index (χ1) is 11.5. The highest BCUT2D eigenvalue weighted by Crippen LogP contribution is 2.28. The van der Waals surface area contributed by atoms with Gasteiger partial charge in [-0.25, -0.2) is 4.98 Å². The van der Waals surface area contributed by atoms with Gasteiger partial charge in [0.15, 0.2) is 0 Å². The second-order valence-electron chi connectivity index (χ2n) is 6.71. The lowest BCUT2D eigenvalue weighted by Gasteiger charge is -2.25. The molecule has 6 heteroatoms. The quantitative estimate of drug-likeness (QED) is 0.901. The summed E-state index contributed by atoms with van der Waals surface area (Å²) >= 11 is 0. The molecule has 1 amide bonds. The molecule has 0 spiro atoms. The zero-order valence-corrected chi connectivity index (χ0v) is 14.1. The van der Waals surface area contributed by atoms with Crippen molar-refractivity contribution in [3.63, 3.8) is 0 Å². The van der Waals surface area contributed by atoms with Crippen molar-refractivity contribution in [2.45, 2.75) is 51.5 Å². The summed E-state index contributed by atoms with van der Waals surface area (Å²) in [5.74, 6) is 0.349. The van der Waals surface area contributed by atoms with Gasteiger partial charge < -0.3 is 10.3 Å². The molecule has 0 bridgehead atoms. The van der Waals surface area contributed by atoms with Gasteiger partial charge in [-0.1, -0.05) is 12.8 Å². The third kappa shape index (κ3) is 3.53. The first kappa shape index (κ1) is 16.4. The Balaban J connectivity index is 1.79. The molecule has 0 saturated heterocycles. The summed E-state index contributed by atoms with van der Waals surface area (Å²) in [5, 5.41) is 3.07. The Labute approximate surface area is 140 Å². The van der Waals surface area contributed by atoms with E-state index in [9.17, 15) is 9.59 Å². The Morgan fingerprint density at radius 2 is 2.12 bits per heavy atom. The molecule has 126 valence electrons. The number of aryl methyl sites for hydroxylation is 1. The normalized spacial score (nSPS) is 16.1. The molecule has 24 heavy (non-hydrogen) atoms. The van der Waals surface area contributed by atoms with Gasteiger partial charge in [-0.2, -0.15) is 0 Å². The Hall–Kier alpha value is -2.50. The van der Waals surface area contributed by atoms with E-state index in [4.69, 9.17) is 0 Å². The number of aromatic amines is 1. The van der Waals surface area contributed by atoms with Crippen molar-refractivity contribution in [3.05, 3.63) is 46.1 Å². The second kappa shape index (κ2) is 6.55. The highest BCUT2D eigenvalue weighted by atomic mass is 16.2. The van der Waals surface area contributed by atoms with Crippen molar-refractivity contribution in [1.82, 2.24) is 20.3 Å². The van der Waals surface area contributed by atoms with Gasteiger partial charge in [-0.05, 0) is 38.8 Å². The average Bonchev–Trinajstić information content (AvgIpc) is 2.97. The Kier molecular flexibility index (Phi) is 4.46. The van der Waals surface area contributed by atoms with Crippen LogP contribution in [-0.4, -0.2) is 26.4 Å². The van der Waals surface area contributed by atoms with Gasteiger partial charge in [0.05, 0.1) is 6.42 Å². The minimum absolute atomic E-state index is 0.0527. The molecule has 0 unspecified atom stereocenters. The molecule has 0 atom stereocenters. The summed E-state index contributed by atoms with van der Waals surface area (Å²) in [6, 6.07) is 3.62. The van der Waals surface area contributed by atoms with E-state index in [-0.39, 0.29) is 23.4 Å². The number of rotatable bonds is 4. The third-order valence-corrected chi connectivity index (χ3v) is 4.64. The highest BCUT2D eigenvalue weighted by molar-refractivity contribution is 5.79. The third-order valence-electron chi connectivity index (χ3n) is 4.64. The predicted octanol–water partition coefficient (Wildman–Crippen LogP) is 2.13. The van der Waals surface area contributed by atoms with Crippen molar-refractivity contribution < 1.29 is 4.79 Å². The van der Waals surface area contributed by atoms with Crippen molar-refractivity contribution >= 4 is 5.91 Å². The molecule has 3 rings (SSSR count). The van der Waals surface area contributed by atoms with E-state index in [0.29, 0.717) is 17.1 Å². The van der Waals surface area contributed by atoms with Gasteiger partial charge >= 0.3 is 0 Å². The van der Waals surface area contributed by atoms with Crippen LogP contribution in [0.2, 0.25) is 0 Å². The molecule has 0 radical (unpaired) electrons. The Morgan fingerprint density at radius 1 is 1.38 bits per heavy atom. The van der Waals surface area contributed by atoms with Gasteiger partial charge in [-0.3, -0.25) is 14.6 Å². The van der Waals surface area contributed by atoms with Gasteiger partial charge in [0.2, 0.25) is 5.91 Å². The lowest BCUT2D eigenvalue weighted by atomic mass is 10.00. The predicted molar refractivity (Wildman–Crippen MR) is 91.5 cm³/mol. The van der Waals surface area contributed by atoms with E-state index < -0.39 is 0 Å². The smallest absolute Gasteiger partial charge is 0.255 e. The maximum absolute atomic E-state index is 12.4. The summed E-state index contributed by atoms with van der Waals surface area (Å²) in [6.45, 7) is 3.83. The van der Waals surface area contributed by atoms with Crippen LogP contribution in [0.15, 0.2) is 29.3 Å². The monoisotopic (exact) mass is 326 g/mol. The molecule has 0 aliphatic heterocycles. The van der Waals surface area contributed by atoms with Crippen LogP contribution in [0.25, 0.3) is 11.4 Å². The molecular weight excluding hydrogens is 304 g/mol. The van der Waals surface area contributed by atoms with E-state index >= 15 is 0 Å². The van der Waals surface area contributed by atoms with Crippen molar-refractivity contribution in [2.24, 2.45) is 0 Å². The van der Waals surface area contributed by atoms with Crippen molar-refractivity contribution in [3.8, 4) is 11.4 Å². The number of aromatic nitrogens is 3. The van der Waals surface area contributed by atoms with Crippen LogP contribution in [0.1, 0.15) is 43.9 Å². The summed E-state index contributed by atoms with van der Waals surface area (Å²) in [6.07, 6.45) is 7.62. The van der Waals surface area contributed by atoms with Crippen molar-refractivity contribution in [1.29, 1.82) is 0 Å². The molecule has 0 aromatic carbocycles. The van der Waals surface area contributed by atoms with E-state index in [2.05, 4.69) is 27.2 Å². The molecule has 1 saturated carbocycles. The molecule has 1 aliphatic carbocycles. The number of H-pyrrole nitrogens is 1. The summed E-state index contributed by atoms with van der Waals surface area (Å²) < 4.78 is 0.